The van der Waals surface area contributed by atoms with Crippen LogP contribution in [-0.2, 0) is 7.05 Å². The number of halogens is 2. The lowest BCUT2D eigenvalue weighted by Crippen LogP contribution is -2.51. The van der Waals surface area contributed by atoms with Crippen LogP contribution in [0, 0.1) is 6.92 Å². The fraction of sp³-hybridized carbons (Fsp3) is 0.364. The first kappa shape index (κ1) is 22.4. The van der Waals surface area contributed by atoms with Crippen LogP contribution in [0.5, 0.6) is 5.75 Å². The number of carbonyl (C=O) groups is 2. The van der Waals surface area contributed by atoms with E-state index in [4.69, 9.17) is 4.74 Å². The van der Waals surface area contributed by atoms with Crippen LogP contribution in [0.25, 0.3) is 10.9 Å². The minimum absolute atomic E-state index is 0.114. The maximum Gasteiger partial charge on any atom is 0.282 e. The van der Waals surface area contributed by atoms with Gasteiger partial charge in [-0.05, 0) is 18.6 Å². The van der Waals surface area contributed by atoms with Crippen molar-refractivity contribution < 1.29 is 23.1 Å². The number of amides is 2. The Hall–Kier alpha value is -3.76. The van der Waals surface area contributed by atoms with Gasteiger partial charge in [-0.25, -0.2) is 8.78 Å². The van der Waals surface area contributed by atoms with Crippen LogP contribution >= 0.6 is 0 Å². The highest BCUT2D eigenvalue weighted by molar-refractivity contribution is 5.97. The molecule has 1 N–H and O–H groups in total. The van der Waals surface area contributed by atoms with E-state index < -0.39 is 18.0 Å². The molecule has 3 aromatic rings. The number of hydrogen-bond donors (Lipinski definition) is 1. The van der Waals surface area contributed by atoms with Crippen LogP contribution in [0.3, 0.4) is 0 Å². The lowest BCUT2D eigenvalue weighted by Gasteiger charge is -2.34. The van der Waals surface area contributed by atoms with Gasteiger partial charge in [0.25, 0.3) is 18.2 Å². The predicted molar refractivity (Wildman–Crippen MR) is 116 cm³/mol. The van der Waals surface area contributed by atoms with Crippen LogP contribution in [0.2, 0.25) is 0 Å². The zero-order valence-corrected chi connectivity index (χ0v) is 18.4. The van der Waals surface area contributed by atoms with Gasteiger partial charge in [0, 0.05) is 45.5 Å². The van der Waals surface area contributed by atoms with Gasteiger partial charge in [-0.2, -0.15) is 5.10 Å². The number of aromatic amines is 1. The molecule has 1 aromatic carbocycles. The lowest BCUT2D eigenvalue weighted by molar-refractivity contribution is 0.0527. The third kappa shape index (κ3) is 4.06. The van der Waals surface area contributed by atoms with Gasteiger partial charge in [-0.1, -0.05) is 6.07 Å². The van der Waals surface area contributed by atoms with E-state index in [1.807, 2.05) is 0 Å². The van der Waals surface area contributed by atoms with E-state index in [0.717, 1.165) is 5.56 Å². The Morgan fingerprint density at radius 2 is 1.76 bits per heavy atom. The number of methoxy groups -OCH3 is 1. The van der Waals surface area contributed by atoms with E-state index in [1.54, 1.807) is 19.1 Å². The average molecular weight is 459 g/mol. The Kier molecular flexibility index (Phi) is 5.88. The number of nitrogens with one attached hydrogen (secondary N) is 1. The molecule has 1 aliphatic rings. The molecular formula is C22H23F2N5O4. The molecule has 0 aliphatic carbocycles. The highest BCUT2D eigenvalue weighted by atomic mass is 19.3. The van der Waals surface area contributed by atoms with E-state index in [-0.39, 0.29) is 48.8 Å². The van der Waals surface area contributed by atoms with E-state index in [9.17, 15) is 23.2 Å². The van der Waals surface area contributed by atoms with Crippen molar-refractivity contribution in [3.05, 3.63) is 57.1 Å². The van der Waals surface area contributed by atoms with Crippen LogP contribution in [0.15, 0.2) is 29.2 Å². The highest BCUT2D eigenvalue weighted by Crippen LogP contribution is 2.25. The molecule has 0 spiro atoms. The monoisotopic (exact) mass is 459 g/mol. The number of nitrogens with zero attached hydrogens (tertiary/aromatic N) is 4. The SMILES string of the molecule is COc1ccc(C)c2c(=O)cc(C(=O)N3CCN(C(=O)c4cn(C)nc4C(F)F)CC3)[nH]c12. The first-order valence-electron chi connectivity index (χ1n) is 10.3. The van der Waals surface area contributed by atoms with Crippen LogP contribution < -0.4 is 10.2 Å². The molecule has 2 aromatic heterocycles. The summed E-state index contributed by atoms with van der Waals surface area (Å²) in [6, 6.07) is 4.76. The van der Waals surface area contributed by atoms with Crippen molar-refractivity contribution in [2.24, 2.45) is 7.05 Å². The summed E-state index contributed by atoms with van der Waals surface area (Å²) < 4.78 is 32.9. The second kappa shape index (κ2) is 8.64. The van der Waals surface area contributed by atoms with Crippen molar-refractivity contribution in [1.82, 2.24) is 24.6 Å². The maximum atomic E-state index is 13.2. The smallest absolute Gasteiger partial charge is 0.282 e. The molecule has 0 unspecified atom stereocenters. The number of benzene rings is 1. The van der Waals surface area contributed by atoms with Gasteiger partial charge in [0.1, 0.15) is 17.1 Å². The number of alkyl halides is 2. The van der Waals surface area contributed by atoms with E-state index in [0.29, 0.717) is 16.7 Å². The van der Waals surface area contributed by atoms with E-state index in [2.05, 4.69) is 10.1 Å². The summed E-state index contributed by atoms with van der Waals surface area (Å²) in [5, 5.41) is 4.12. The molecule has 4 rings (SSSR count). The Morgan fingerprint density at radius 1 is 1.12 bits per heavy atom. The molecule has 1 fully saturated rings. The molecule has 3 heterocycles. The second-order valence-electron chi connectivity index (χ2n) is 7.87. The quantitative estimate of drug-likeness (QED) is 0.644. The van der Waals surface area contributed by atoms with Gasteiger partial charge >= 0.3 is 0 Å². The van der Waals surface area contributed by atoms with Gasteiger partial charge in [0.2, 0.25) is 0 Å². The molecule has 11 heteroatoms. The Morgan fingerprint density at radius 3 is 2.36 bits per heavy atom. The van der Waals surface area contributed by atoms with Crippen molar-refractivity contribution in [2.75, 3.05) is 33.3 Å². The number of fused-ring (bicyclic) bond motifs is 1. The average Bonchev–Trinajstić information content (AvgIpc) is 3.20. The number of aromatic nitrogens is 3. The minimum atomic E-state index is -2.86. The second-order valence-corrected chi connectivity index (χ2v) is 7.87. The summed E-state index contributed by atoms with van der Waals surface area (Å²) in [5.74, 6) is -0.492. The number of hydrogen-bond acceptors (Lipinski definition) is 5. The molecule has 9 nitrogen and oxygen atoms in total. The van der Waals surface area contributed by atoms with Crippen LogP contribution in [0.4, 0.5) is 8.78 Å². The molecule has 0 atom stereocenters. The molecule has 2 amide bonds. The Balaban J connectivity index is 1.53. The molecular weight excluding hydrogens is 436 g/mol. The number of rotatable bonds is 4. The summed E-state index contributed by atoms with van der Waals surface area (Å²) in [4.78, 5) is 44.5. The molecule has 33 heavy (non-hydrogen) atoms. The number of aryl methyl sites for hydroxylation is 2. The van der Waals surface area contributed by atoms with E-state index in [1.165, 1.54) is 40.9 Å². The zero-order valence-electron chi connectivity index (χ0n) is 18.4. The number of H-pyrrole nitrogens is 1. The minimum Gasteiger partial charge on any atom is -0.495 e. The molecule has 0 saturated carbocycles. The Labute approximate surface area is 187 Å². The highest BCUT2D eigenvalue weighted by Gasteiger charge is 2.30. The third-order valence-corrected chi connectivity index (χ3v) is 5.76. The lowest BCUT2D eigenvalue weighted by atomic mass is 10.1. The van der Waals surface area contributed by atoms with Crippen molar-refractivity contribution in [3.63, 3.8) is 0 Å². The molecule has 1 saturated heterocycles. The summed E-state index contributed by atoms with van der Waals surface area (Å²) in [6.07, 6.45) is -1.59. The topological polar surface area (TPSA) is 101 Å². The predicted octanol–water partition coefficient (Wildman–Crippen LogP) is 2.11. The van der Waals surface area contributed by atoms with Gasteiger partial charge in [-0.3, -0.25) is 19.1 Å². The van der Waals surface area contributed by atoms with Crippen molar-refractivity contribution in [1.29, 1.82) is 0 Å². The van der Waals surface area contributed by atoms with Crippen LogP contribution in [0.1, 0.15) is 38.5 Å². The third-order valence-electron chi connectivity index (χ3n) is 5.76. The van der Waals surface area contributed by atoms with Crippen molar-refractivity contribution in [3.8, 4) is 5.75 Å². The summed E-state index contributed by atoms with van der Waals surface area (Å²) in [7, 11) is 2.95. The van der Waals surface area contributed by atoms with Gasteiger partial charge < -0.3 is 19.5 Å². The number of pyridine rings is 1. The molecule has 0 bridgehead atoms. The largest absolute Gasteiger partial charge is 0.495 e. The molecule has 0 radical (unpaired) electrons. The van der Waals surface area contributed by atoms with Gasteiger partial charge in [-0.15, -0.1) is 0 Å². The fourth-order valence-electron chi connectivity index (χ4n) is 4.07. The summed E-state index contributed by atoms with van der Waals surface area (Å²) in [5.41, 5.74) is 0.319. The Bertz CT molecular complexity index is 1290. The van der Waals surface area contributed by atoms with Gasteiger partial charge in [0.05, 0.1) is 23.6 Å². The van der Waals surface area contributed by atoms with E-state index >= 15 is 0 Å². The van der Waals surface area contributed by atoms with Crippen molar-refractivity contribution in [2.45, 2.75) is 13.3 Å². The molecule has 1 aliphatic heterocycles. The molecule has 174 valence electrons. The summed E-state index contributed by atoms with van der Waals surface area (Å²) in [6.45, 7) is 2.53. The van der Waals surface area contributed by atoms with Crippen molar-refractivity contribution >= 4 is 22.7 Å². The number of piperazine rings is 1. The first-order valence-corrected chi connectivity index (χ1v) is 10.3. The van der Waals surface area contributed by atoms with Crippen LogP contribution in [-0.4, -0.2) is 69.7 Å². The fourth-order valence-corrected chi connectivity index (χ4v) is 4.07. The standard InChI is InChI=1S/C22H23F2N5O4/c1-12-4-5-16(33-3)19-17(12)15(30)10-14(25-19)22(32)29-8-6-28(7-9-29)21(31)13-11-27(2)26-18(13)20(23)24/h4-5,10-11,20H,6-9H2,1-3H3,(H,25,30). The number of carbonyl (C=O) groups excluding carboxylic acids is 2. The van der Waals surface area contributed by atoms with Gasteiger partial charge in [0.15, 0.2) is 5.43 Å². The number of ether oxygens (including phenoxy) is 1. The first-order chi connectivity index (χ1) is 15.7. The zero-order chi connectivity index (χ0) is 23.9. The summed E-state index contributed by atoms with van der Waals surface area (Å²) >= 11 is 0. The normalized spacial score (nSPS) is 14.2. The maximum absolute atomic E-state index is 13.2.